The van der Waals surface area contributed by atoms with Crippen molar-refractivity contribution in [1.82, 2.24) is 5.32 Å². The van der Waals surface area contributed by atoms with Gasteiger partial charge in [0.05, 0.1) is 19.3 Å². The molecule has 0 saturated carbocycles. The average Bonchev–Trinajstić information content (AvgIpc) is 2.56. The van der Waals surface area contributed by atoms with Gasteiger partial charge in [0.1, 0.15) is 6.61 Å². The first-order chi connectivity index (χ1) is 8.34. The number of hydrogen-bond acceptors (Lipinski definition) is 3. The van der Waals surface area contributed by atoms with Crippen LogP contribution in [-0.4, -0.2) is 31.8 Å². The van der Waals surface area contributed by atoms with Crippen LogP contribution in [0.1, 0.15) is 12.0 Å². The van der Waals surface area contributed by atoms with Crippen molar-refractivity contribution in [1.29, 1.82) is 0 Å². The van der Waals surface area contributed by atoms with Gasteiger partial charge >= 0.3 is 0 Å². The number of carbonyl (C=O) groups excluding carboxylic acids is 1. The number of hydrogen-bond donors (Lipinski definition) is 1. The number of ether oxygens (including phenoxy) is 2. The highest BCUT2D eigenvalue weighted by molar-refractivity contribution is 5.77. The summed E-state index contributed by atoms with van der Waals surface area (Å²) in [7, 11) is 0. The van der Waals surface area contributed by atoms with Crippen molar-refractivity contribution < 1.29 is 14.3 Å². The van der Waals surface area contributed by atoms with Crippen molar-refractivity contribution in [2.75, 3.05) is 19.8 Å². The lowest BCUT2D eigenvalue weighted by Gasteiger charge is -2.14. The van der Waals surface area contributed by atoms with Gasteiger partial charge in [-0.1, -0.05) is 30.3 Å². The van der Waals surface area contributed by atoms with Crippen molar-refractivity contribution in [2.24, 2.45) is 0 Å². The Labute approximate surface area is 101 Å². The summed E-state index contributed by atoms with van der Waals surface area (Å²) in [6.07, 6.45) is 0.818. The fourth-order valence-corrected chi connectivity index (χ4v) is 1.71. The summed E-state index contributed by atoms with van der Waals surface area (Å²) >= 11 is 0. The fraction of sp³-hybridized carbons (Fsp3) is 0.462. The lowest BCUT2D eigenvalue weighted by molar-refractivity contribution is -0.126. The van der Waals surface area contributed by atoms with E-state index in [4.69, 9.17) is 9.47 Å². The van der Waals surface area contributed by atoms with Crippen molar-refractivity contribution in [3.8, 4) is 0 Å². The van der Waals surface area contributed by atoms with E-state index in [1.807, 2.05) is 30.3 Å². The van der Waals surface area contributed by atoms with Crippen LogP contribution < -0.4 is 5.32 Å². The summed E-state index contributed by atoms with van der Waals surface area (Å²) in [6, 6.07) is 10.0. The maximum atomic E-state index is 11.0. The zero-order valence-corrected chi connectivity index (χ0v) is 9.72. The first-order valence-corrected chi connectivity index (χ1v) is 5.84. The minimum atomic E-state index is -0.0458. The Bertz CT molecular complexity index is 353. The van der Waals surface area contributed by atoms with E-state index in [0.29, 0.717) is 19.8 Å². The molecule has 1 aliphatic rings. The third-order valence-electron chi connectivity index (χ3n) is 2.65. The van der Waals surface area contributed by atoms with Gasteiger partial charge in [-0.05, 0) is 12.0 Å². The number of nitrogens with one attached hydrogen (secondary N) is 1. The molecule has 17 heavy (non-hydrogen) atoms. The third-order valence-corrected chi connectivity index (χ3v) is 2.65. The zero-order valence-electron chi connectivity index (χ0n) is 9.72. The lowest BCUT2D eigenvalue weighted by atomic mass is 10.2. The predicted octanol–water partition coefficient (Wildman–Crippen LogP) is 1.11. The van der Waals surface area contributed by atoms with Crippen LogP contribution in [0.4, 0.5) is 0 Å². The molecule has 1 amide bonds. The van der Waals surface area contributed by atoms with E-state index in [0.717, 1.165) is 12.0 Å². The molecule has 2 rings (SSSR count). The highest BCUT2D eigenvalue weighted by atomic mass is 16.5. The van der Waals surface area contributed by atoms with Crippen LogP contribution >= 0.6 is 0 Å². The van der Waals surface area contributed by atoms with Gasteiger partial charge in [0.25, 0.3) is 0 Å². The summed E-state index contributed by atoms with van der Waals surface area (Å²) < 4.78 is 11.0. The van der Waals surface area contributed by atoms with Crippen molar-refractivity contribution in [2.45, 2.75) is 19.1 Å². The number of amides is 1. The molecule has 1 aromatic carbocycles. The number of benzene rings is 1. The van der Waals surface area contributed by atoms with Gasteiger partial charge in [-0.15, -0.1) is 0 Å². The van der Waals surface area contributed by atoms with Gasteiger partial charge in [0.2, 0.25) is 5.91 Å². The maximum absolute atomic E-state index is 11.0. The van der Waals surface area contributed by atoms with E-state index >= 15 is 0 Å². The van der Waals surface area contributed by atoms with Crippen molar-refractivity contribution in [3.05, 3.63) is 35.9 Å². The summed E-state index contributed by atoms with van der Waals surface area (Å²) in [5.41, 5.74) is 1.15. The molecule has 1 aromatic rings. The molecule has 0 bridgehead atoms. The van der Waals surface area contributed by atoms with Gasteiger partial charge in [-0.25, -0.2) is 0 Å². The van der Waals surface area contributed by atoms with Gasteiger partial charge < -0.3 is 14.8 Å². The van der Waals surface area contributed by atoms with Crippen LogP contribution in [0.3, 0.4) is 0 Å². The standard InChI is InChI=1S/C13H17NO3/c15-13-10-17-12(6-7-14-13)9-16-8-11-4-2-1-3-5-11/h1-5,12H,6-10H2,(H,14,15)/t12-/m0/s1. The first-order valence-electron chi connectivity index (χ1n) is 5.84. The Morgan fingerprint density at radius 2 is 2.18 bits per heavy atom. The van der Waals surface area contributed by atoms with Gasteiger partial charge in [0.15, 0.2) is 0 Å². The Hall–Kier alpha value is -1.39. The van der Waals surface area contributed by atoms with E-state index < -0.39 is 0 Å². The minimum absolute atomic E-state index is 0.0117. The van der Waals surface area contributed by atoms with Gasteiger partial charge in [-0.2, -0.15) is 0 Å². The highest BCUT2D eigenvalue weighted by Crippen LogP contribution is 2.05. The van der Waals surface area contributed by atoms with Gasteiger partial charge in [-0.3, -0.25) is 4.79 Å². The zero-order chi connectivity index (χ0) is 11.9. The molecule has 0 radical (unpaired) electrons. The molecule has 4 nitrogen and oxygen atoms in total. The minimum Gasteiger partial charge on any atom is -0.374 e. The molecule has 1 atom stereocenters. The molecule has 92 valence electrons. The van der Waals surface area contributed by atoms with E-state index in [1.165, 1.54) is 0 Å². The summed E-state index contributed by atoms with van der Waals surface area (Å²) in [4.78, 5) is 11.0. The molecule has 1 heterocycles. The monoisotopic (exact) mass is 235 g/mol. The normalized spacial score (nSPS) is 20.7. The Morgan fingerprint density at radius 1 is 1.35 bits per heavy atom. The van der Waals surface area contributed by atoms with Gasteiger partial charge in [0, 0.05) is 6.54 Å². The second kappa shape index (κ2) is 6.37. The molecule has 1 N–H and O–H groups in total. The molecular weight excluding hydrogens is 218 g/mol. The predicted molar refractivity (Wildman–Crippen MR) is 63.5 cm³/mol. The molecule has 0 spiro atoms. The van der Waals surface area contributed by atoms with E-state index in [-0.39, 0.29) is 18.6 Å². The van der Waals surface area contributed by atoms with Crippen LogP contribution in [0.15, 0.2) is 30.3 Å². The lowest BCUT2D eigenvalue weighted by Crippen LogP contribution is -2.24. The Balaban J connectivity index is 1.69. The Kier molecular flexibility index (Phi) is 4.53. The first kappa shape index (κ1) is 12.1. The van der Waals surface area contributed by atoms with Crippen LogP contribution in [-0.2, 0) is 20.9 Å². The Morgan fingerprint density at radius 3 is 3.00 bits per heavy atom. The van der Waals surface area contributed by atoms with Crippen LogP contribution in [0.25, 0.3) is 0 Å². The summed E-state index contributed by atoms with van der Waals surface area (Å²) in [5, 5.41) is 2.76. The molecule has 1 saturated heterocycles. The number of carbonyl (C=O) groups is 1. The molecule has 1 fully saturated rings. The van der Waals surface area contributed by atoms with E-state index in [2.05, 4.69) is 5.32 Å². The molecular formula is C13H17NO3. The highest BCUT2D eigenvalue weighted by Gasteiger charge is 2.16. The quantitative estimate of drug-likeness (QED) is 0.850. The molecule has 0 unspecified atom stereocenters. The average molecular weight is 235 g/mol. The molecule has 4 heteroatoms. The fourth-order valence-electron chi connectivity index (χ4n) is 1.71. The van der Waals surface area contributed by atoms with Crippen LogP contribution in [0.5, 0.6) is 0 Å². The molecule has 1 aliphatic heterocycles. The second-order valence-electron chi connectivity index (χ2n) is 4.07. The van der Waals surface area contributed by atoms with Crippen molar-refractivity contribution in [3.63, 3.8) is 0 Å². The van der Waals surface area contributed by atoms with E-state index in [9.17, 15) is 4.79 Å². The summed E-state index contributed by atoms with van der Waals surface area (Å²) in [5.74, 6) is -0.0458. The second-order valence-corrected chi connectivity index (χ2v) is 4.07. The SMILES string of the molecule is O=C1CO[C@H](COCc2ccccc2)CCN1. The largest absolute Gasteiger partial charge is 0.374 e. The topological polar surface area (TPSA) is 47.6 Å². The molecule has 0 aromatic heterocycles. The van der Waals surface area contributed by atoms with Crippen LogP contribution in [0.2, 0.25) is 0 Å². The van der Waals surface area contributed by atoms with Crippen LogP contribution in [0, 0.1) is 0 Å². The smallest absolute Gasteiger partial charge is 0.246 e. The summed E-state index contributed by atoms with van der Waals surface area (Å²) in [6.45, 7) is 1.92. The molecule has 0 aliphatic carbocycles. The van der Waals surface area contributed by atoms with Crippen molar-refractivity contribution >= 4 is 5.91 Å². The maximum Gasteiger partial charge on any atom is 0.246 e. The third kappa shape index (κ3) is 4.17. The number of rotatable bonds is 4. The van der Waals surface area contributed by atoms with E-state index in [1.54, 1.807) is 0 Å².